The number of carboxylic acids is 2. The molecule has 1 amide bonds. The Labute approximate surface area is 167 Å². The van der Waals surface area contributed by atoms with Gasteiger partial charge in [-0.25, -0.2) is 27.2 Å². The summed E-state index contributed by atoms with van der Waals surface area (Å²) < 4.78 is 52.8. The maximum absolute atomic E-state index is 13.5. The zero-order valence-electron chi connectivity index (χ0n) is 15.3. The van der Waals surface area contributed by atoms with Crippen molar-refractivity contribution in [2.24, 2.45) is 5.73 Å². The lowest BCUT2D eigenvalue weighted by atomic mass is 10.0. The molecule has 0 bridgehead atoms. The van der Waals surface area contributed by atoms with Gasteiger partial charge in [-0.15, -0.1) is 0 Å². The van der Waals surface area contributed by atoms with Crippen molar-refractivity contribution in [3.05, 3.63) is 47.3 Å². The molecule has 3 atom stereocenters. The van der Waals surface area contributed by atoms with Gasteiger partial charge in [0.05, 0.1) is 18.7 Å². The number of amides is 1. The molecule has 0 aliphatic carbocycles. The predicted octanol–water partition coefficient (Wildman–Crippen LogP) is 1.15. The van der Waals surface area contributed by atoms with Gasteiger partial charge in [-0.2, -0.15) is 5.26 Å². The molecule has 2 rings (SSSR count). The Balaban J connectivity index is 0.000000479. The quantitative estimate of drug-likeness (QED) is 0.360. The van der Waals surface area contributed by atoms with Crippen LogP contribution in [0.5, 0.6) is 0 Å². The van der Waals surface area contributed by atoms with Crippen LogP contribution in [-0.4, -0.2) is 57.8 Å². The minimum atomic E-state index is -1.34. The zero-order chi connectivity index (χ0) is 23.0. The average molecular weight is 431 g/mol. The second-order valence-electron chi connectivity index (χ2n) is 6.15. The van der Waals surface area contributed by atoms with Gasteiger partial charge in [-0.05, 0) is 18.1 Å². The second kappa shape index (κ2) is 10.9. The van der Waals surface area contributed by atoms with Crippen molar-refractivity contribution in [2.75, 3.05) is 6.54 Å². The molecule has 12 heteroatoms. The van der Waals surface area contributed by atoms with Crippen molar-refractivity contribution in [1.82, 2.24) is 4.90 Å². The molecule has 0 radical (unpaired) electrons. The Morgan fingerprint density at radius 2 is 1.70 bits per heavy atom. The Bertz CT molecular complexity index is 871. The van der Waals surface area contributed by atoms with E-state index in [1.807, 2.05) is 0 Å². The monoisotopic (exact) mass is 431 g/mol. The molecule has 1 aliphatic heterocycles. The normalized spacial score (nSPS) is 19.0. The first-order valence-corrected chi connectivity index (χ1v) is 8.33. The molecule has 30 heavy (non-hydrogen) atoms. The van der Waals surface area contributed by atoms with Crippen LogP contribution < -0.4 is 5.73 Å². The third kappa shape index (κ3) is 7.17. The van der Waals surface area contributed by atoms with Crippen LogP contribution in [0.15, 0.2) is 24.3 Å². The lowest BCUT2D eigenvalue weighted by Crippen LogP contribution is -2.47. The molecule has 0 aromatic heterocycles. The van der Waals surface area contributed by atoms with Crippen molar-refractivity contribution in [3.63, 3.8) is 0 Å². The van der Waals surface area contributed by atoms with Gasteiger partial charge in [-0.1, -0.05) is 0 Å². The third-order valence-electron chi connectivity index (χ3n) is 3.90. The van der Waals surface area contributed by atoms with Crippen molar-refractivity contribution in [1.29, 1.82) is 5.26 Å². The molecule has 1 aliphatic rings. The number of nitrogens with two attached hydrogens (primary N) is 1. The number of carboxylic acid groups (broad SMARTS) is 2. The molecule has 1 saturated heterocycles. The largest absolute Gasteiger partial charge is 0.478 e. The summed E-state index contributed by atoms with van der Waals surface area (Å²) in [5, 5.41) is 24.5. The second-order valence-corrected chi connectivity index (χ2v) is 6.15. The lowest BCUT2D eigenvalue weighted by molar-refractivity contribution is -0.134. The van der Waals surface area contributed by atoms with Crippen LogP contribution >= 0.6 is 0 Å². The molecule has 1 aromatic carbocycles. The van der Waals surface area contributed by atoms with Gasteiger partial charge in [0.15, 0.2) is 11.6 Å². The van der Waals surface area contributed by atoms with Crippen LogP contribution in [0.25, 0.3) is 0 Å². The number of carbonyl (C=O) groups excluding carboxylic acids is 1. The number of rotatable bonds is 5. The fraction of sp³-hybridized carbons (Fsp3) is 0.333. The van der Waals surface area contributed by atoms with E-state index in [9.17, 15) is 31.9 Å². The SMILES string of the molecule is N#C[C@@H]1C[C@H](F)CN1C(=O)[C@@H](N)Cc1cc(F)c(F)cc1F.O=C(O)/C=C/C(=O)O. The fourth-order valence-electron chi connectivity index (χ4n) is 2.55. The molecule has 0 spiro atoms. The molecule has 162 valence electrons. The van der Waals surface area contributed by atoms with E-state index in [1.165, 1.54) is 0 Å². The number of nitrogens with zero attached hydrogens (tertiary/aromatic N) is 2. The van der Waals surface area contributed by atoms with Gasteiger partial charge in [0.2, 0.25) is 5.91 Å². The molecule has 0 unspecified atom stereocenters. The van der Waals surface area contributed by atoms with Gasteiger partial charge in [0, 0.05) is 24.6 Å². The molecule has 1 aromatic rings. The van der Waals surface area contributed by atoms with E-state index in [-0.39, 0.29) is 24.9 Å². The number of aliphatic carboxylic acids is 2. The Morgan fingerprint density at radius 3 is 2.20 bits per heavy atom. The van der Waals surface area contributed by atoms with Crippen LogP contribution in [0.4, 0.5) is 17.6 Å². The number of benzene rings is 1. The molecular weight excluding hydrogens is 414 g/mol. The molecule has 1 heterocycles. The van der Waals surface area contributed by atoms with E-state index in [4.69, 9.17) is 21.2 Å². The Hall–Kier alpha value is -3.46. The van der Waals surface area contributed by atoms with Crippen molar-refractivity contribution >= 4 is 17.8 Å². The van der Waals surface area contributed by atoms with E-state index in [2.05, 4.69) is 0 Å². The molecule has 0 saturated carbocycles. The number of carbonyl (C=O) groups is 3. The minimum Gasteiger partial charge on any atom is -0.478 e. The number of nitriles is 1. The number of hydrogen-bond acceptors (Lipinski definition) is 5. The van der Waals surface area contributed by atoms with Gasteiger partial charge in [0.1, 0.15) is 18.0 Å². The van der Waals surface area contributed by atoms with Crippen molar-refractivity contribution in [2.45, 2.75) is 31.1 Å². The smallest absolute Gasteiger partial charge is 0.328 e. The van der Waals surface area contributed by atoms with Gasteiger partial charge in [-0.3, -0.25) is 4.79 Å². The number of halogens is 4. The van der Waals surface area contributed by atoms with Crippen molar-refractivity contribution < 1.29 is 42.2 Å². The lowest BCUT2D eigenvalue weighted by Gasteiger charge is -2.23. The summed E-state index contributed by atoms with van der Waals surface area (Å²) in [7, 11) is 0. The van der Waals surface area contributed by atoms with Crippen LogP contribution in [0.1, 0.15) is 12.0 Å². The van der Waals surface area contributed by atoms with Crippen molar-refractivity contribution in [3.8, 4) is 6.07 Å². The van der Waals surface area contributed by atoms with E-state index in [0.29, 0.717) is 24.3 Å². The summed E-state index contributed by atoms with van der Waals surface area (Å²) in [6, 6.07) is 0.588. The first-order valence-electron chi connectivity index (χ1n) is 8.33. The molecule has 4 N–H and O–H groups in total. The number of alkyl halides is 1. The van der Waals surface area contributed by atoms with Gasteiger partial charge < -0.3 is 20.8 Å². The number of likely N-dealkylation sites (tertiary alicyclic amines) is 1. The van der Waals surface area contributed by atoms with E-state index in [1.54, 1.807) is 6.07 Å². The Kier molecular flexibility index (Phi) is 8.94. The maximum atomic E-state index is 13.5. The number of hydrogen-bond donors (Lipinski definition) is 3. The van der Waals surface area contributed by atoms with Crippen LogP contribution in [0, 0.1) is 28.8 Å². The van der Waals surface area contributed by atoms with E-state index < -0.39 is 53.6 Å². The summed E-state index contributed by atoms with van der Waals surface area (Å²) in [5.74, 6) is -6.86. The highest BCUT2D eigenvalue weighted by molar-refractivity contribution is 5.89. The van der Waals surface area contributed by atoms with Crippen LogP contribution in [0.3, 0.4) is 0 Å². The summed E-state index contributed by atoms with van der Waals surface area (Å²) in [4.78, 5) is 32.2. The predicted molar refractivity (Wildman–Crippen MR) is 93.0 cm³/mol. The highest BCUT2D eigenvalue weighted by Crippen LogP contribution is 2.22. The Morgan fingerprint density at radius 1 is 1.17 bits per heavy atom. The van der Waals surface area contributed by atoms with E-state index in [0.717, 1.165) is 4.90 Å². The highest BCUT2D eigenvalue weighted by atomic mass is 19.2. The summed E-state index contributed by atoms with van der Waals surface area (Å²) in [6.45, 7) is -0.259. The zero-order valence-corrected chi connectivity index (χ0v) is 15.3. The standard InChI is InChI=1S/C14H13F4N3O.C4H4O4/c15-8-3-9(5-19)21(6-8)14(22)13(20)2-7-1-11(17)12(18)4-10(7)16;5-3(6)1-2-4(7)8/h1,4,8-9,13H,2-3,6,20H2;1-2H,(H,5,6)(H,7,8)/b;2-1+/t8-,9-,13-;/m0./s1. The molecule has 1 fully saturated rings. The highest BCUT2D eigenvalue weighted by Gasteiger charge is 2.37. The molecular formula is C18H17F4N3O5. The fourth-order valence-corrected chi connectivity index (χ4v) is 2.55. The maximum Gasteiger partial charge on any atom is 0.328 e. The summed E-state index contributed by atoms with van der Waals surface area (Å²) >= 11 is 0. The van der Waals surface area contributed by atoms with E-state index >= 15 is 0 Å². The van der Waals surface area contributed by atoms with Crippen LogP contribution in [-0.2, 0) is 20.8 Å². The van der Waals surface area contributed by atoms with Gasteiger partial charge in [0.25, 0.3) is 0 Å². The third-order valence-corrected chi connectivity index (χ3v) is 3.90. The first-order chi connectivity index (χ1) is 14.0. The topological polar surface area (TPSA) is 145 Å². The first kappa shape index (κ1) is 24.6. The molecule has 8 nitrogen and oxygen atoms in total. The van der Waals surface area contributed by atoms with Gasteiger partial charge >= 0.3 is 11.9 Å². The average Bonchev–Trinajstić information content (AvgIpc) is 3.05. The summed E-state index contributed by atoms with van der Waals surface area (Å²) in [6.07, 6.45) is -0.687. The minimum absolute atomic E-state index is 0.103. The summed E-state index contributed by atoms with van der Waals surface area (Å²) in [5.41, 5.74) is 5.38. The van der Waals surface area contributed by atoms with Crippen LogP contribution in [0.2, 0.25) is 0 Å².